The van der Waals surface area contributed by atoms with E-state index in [9.17, 15) is 13.6 Å². The fraction of sp³-hybridized carbons (Fsp3) is 0.167. The van der Waals surface area contributed by atoms with E-state index >= 15 is 0 Å². The first-order valence-corrected chi connectivity index (χ1v) is 8.20. The van der Waals surface area contributed by atoms with Gasteiger partial charge in [0.2, 0.25) is 5.91 Å². The van der Waals surface area contributed by atoms with Gasteiger partial charge in [-0.2, -0.15) is 0 Å². The Hall–Kier alpha value is -2.14. The third-order valence-corrected chi connectivity index (χ3v) is 4.21. The molecule has 0 unspecified atom stereocenters. The number of halogens is 2. The normalized spacial score (nSPS) is 12.3. The number of carbonyl (C=O) groups is 1. The summed E-state index contributed by atoms with van der Waals surface area (Å²) in [5.74, 6) is -1.47. The third kappa shape index (κ3) is 5.53. The van der Waals surface area contributed by atoms with Crippen molar-refractivity contribution in [3.8, 4) is 0 Å². The van der Waals surface area contributed by atoms with Crippen LogP contribution in [0, 0.1) is 11.6 Å². The number of carbonyl (C=O) groups excluding carboxylic acids is 1. The molecule has 0 heterocycles. The number of nitrogens with one attached hydrogen (secondary N) is 1. The molecule has 1 amide bonds. The number of rotatable bonds is 6. The average Bonchev–Trinajstić information content (AvgIpc) is 2.55. The zero-order chi connectivity index (χ0) is 16.7. The van der Waals surface area contributed by atoms with Gasteiger partial charge in [0.1, 0.15) is 0 Å². The Morgan fingerprint density at radius 2 is 1.91 bits per heavy atom. The molecule has 120 valence electrons. The van der Waals surface area contributed by atoms with E-state index in [1.165, 1.54) is 17.8 Å². The quantitative estimate of drug-likeness (QED) is 0.827. The van der Waals surface area contributed by atoms with Gasteiger partial charge in [-0.05, 0) is 24.6 Å². The molecule has 2 aromatic rings. The zero-order valence-corrected chi connectivity index (χ0v) is 13.4. The molecular weight excluding hydrogens is 316 g/mol. The van der Waals surface area contributed by atoms with Gasteiger partial charge in [-0.15, -0.1) is 11.8 Å². The molecular formula is C18H17F2NOS. The van der Waals surface area contributed by atoms with Gasteiger partial charge >= 0.3 is 0 Å². The summed E-state index contributed by atoms with van der Waals surface area (Å²) in [5.41, 5.74) is 1.35. The summed E-state index contributed by atoms with van der Waals surface area (Å²) >= 11 is 1.46. The zero-order valence-electron chi connectivity index (χ0n) is 12.6. The predicted octanol–water partition coefficient (Wildman–Crippen LogP) is 4.74. The minimum absolute atomic E-state index is 0.242. The number of amides is 1. The first-order valence-electron chi connectivity index (χ1n) is 7.15. The number of anilines is 1. The molecule has 0 aliphatic heterocycles. The van der Waals surface area contributed by atoms with E-state index in [-0.39, 0.29) is 16.8 Å². The molecule has 0 aliphatic rings. The molecule has 2 aromatic carbocycles. The minimum Gasteiger partial charge on any atom is -0.325 e. The van der Waals surface area contributed by atoms with Gasteiger partial charge in [-0.1, -0.05) is 42.5 Å². The highest BCUT2D eigenvalue weighted by Crippen LogP contribution is 2.17. The van der Waals surface area contributed by atoms with Crippen molar-refractivity contribution in [2.24, 2.45) is 0 Å². The lowest BCUT2D eigenvalue weighted by atomic mass is 10.2. The van der Waals surface area contributed by atoms with Gasteiger partial charge in [-0.3, -0.25) is 4.79 Å². The Labute approximate surface area is 138 Å². The van der Waals surface area contributed by atoms with Crippen LogP contribution in [0.25, 0.3) is 6.08 Å². The Morgan fingerprint density at radius 3 is 2.61 bits per heavy atom. The summed E-state index contributed by atoms with van der Waals surface area (Å²) in [6.07, 6.45) is 3.98. The van der Waals surface area contributed by atoms with Gasteiger partial charge in [0.05, 0.1) is 5.25 Å². The van der Waals surface area contributed by atoms with Gasteiger partial charge in [0.25, 0.3) is 0 Å². The smallest absolute Gasteiger partial charge is 0.237 e. The highest BCUT2D eigenvalue weighted by molar-refractivity contribution is 8.00. The second-order valence-corrected chi connectivity index (χ2v) is 6.28. The average molecular weight is 333 g/mol. The van der Waals surface area contributed by atoms with Crippen LogP contribution in [0.5, 0.6) is 0 Å². The van der Waals surface area contributed by atoms with E-state index in [4.69, 9.17) is 0 Å². The first kappa shape index (κ1) is 17.2. The highest BCUT2D eigenvalue weighted by atomic mass is 32.2. The summed E-state index contributed by atoms with van der Waals surface area (Å²) in [6, 6.07) is 13.2. The summed E-state index contributed by atoms with van der Waals surface area (Å²) in [5, 5.41) is 2.28. The Balaban J connectivity index is 1.80. The maximum atomic E-state index is 13.1. The monoisotopic (exact) mass is 333 g/mol. The molecule has 0 spiro atoms. The molecule has 2 nitrogen and oxygen atoms in total. The second-order valence-electron chi connectivity index (χ2n) is 4.91. The molecule has 0 aliphatic carbocycles. The topological polar surface area (TPSA) is 29.1 Å². The Morgan fingerprint density at radius 1 is 1.17 bits per heavy atom. The van der Waals surface area contributed by atoms with Crippen molar-refractivity contribution in [2.75, 3.05) is 11.1 Å². The molecule has 0 saturated heterocycles. The largest absolute Gasteiger partial charge is 0.325 e. The molecule has 0 bridgehead atoms. The van der Waals surface area contributed by atoms with Gasteiger partial charge in [0.15, 0.2) is 11.6 Å². The van der Waals surface area contributed by atoms with E-state index in [1.54, 1.807) is 6.92 Å². The molecule has 5 heteroatoms. The van der Waals surface area contributed by atoms with E-state index in [0.717, 1.165) is 17.7 Å². The maximum absolute atomic E-state index is 13.1. The van der Waals surface area contributed by atoms with Crippen LogP contribution >= 0.6 is 11.8 Å². The van der Waals surface area contributed by atoms with Gasteiger partial charge in [0, 0.05) is 17.5 Å². The van der Waals surface area contributed by atoms with Crippen molar-refractivity contribution >= 4 is 29.4 Å². The van der Waals surface area contributed by atoms with Crippen LogP contribution in [0.1, 0.15) is 12.5 Å². The van der Waals surface area contributed by atoms with Crippen LogP contribution in [-0.4, -0.2) is 16.9 Å². The van der Waals surface area contributed by atoms with Crippen molar-refractivity contribution in [1.29, 1.82) is 0 Å². The van der Waals surface area contributed by atoms with Crippen LogP contribution in [-0.2, 0) is 4.79 Å². The predicted molar refractivity (Wildman–Crippen MR) is 92.4 cm³/mol. The second kappa shape index (κ2) is 8.48. The lowest BCUT2D eigenvalue weighted by Gasteiger charge is -2.11. The van der Waals surface area contributed by atoms with Crippen molar-refractivity contribution in [3.05, 3.63) is 71.8 Å². The van der Waals surface area contributed by atoms with Crippen LogP contribution in [0.2, 0.25) is 0 Å². The molecule has 23 heavy (non-hydrogen) atoms. The van der Waals surface area contributed by atoms with E-state index in [2.05, 4.69) is 5.32 Å². The van der Waals surface area contributed by atoms with Crippen molar-refractivity contribution in [1.82, 2.24) is 0 Å². The summed E-state index contributed by atoms with van der Waals surface area (Å²) < 4.78 is 25.9. The molecule has 1 atom stereocenters. The number of thioether (sulfide) groups is 1. The van der Waals surface area contributed by atoms with Gasteiger partial charge in [-0.25, -0.2) is 8.78 Å². The molecule has 0 radical (unpaired) electrons. The van der Waals surface area contributed by atoms with Crippen molar-refractivity contribution in [2.45, 2.75) is 12.2 Å². The molecule has 0 saturated carbocycles. The van der Waals surface area contributed by atoms with Crippen LogP contribution in [0.15, 0.2) is 54.6 Å². The molecule has 1 N–H and O–H groups in total. The fourth-order valence-electron chi connectivity index (χ4n) is 1.84. The van der Waals surface area contributed by atoms with Crippen molar-refractivity contribution < 1.29 is 13.6 Å². The number of benzene rings is 2. The van der Waals surface area contributed by atoms with E-state index in [1.807, 2.05) is 42.5 Å². The fourth-order valence-corrected chi connectivity index (χ4v) is 2.55. The summed E-state index contributed by atoms with van der Waals surface area (Å²) in [4.78, 5) is 12.0. The number of hydrogen-bond acceptors (Lipinski definition) is 2. The third-order valence-electron chi connectivity index (χ3n) is 3.11. The van der Waals surface area contributed by atoms with Gasteiger partial charge < -0.3 is 5.32 Å². The Kier molecular flexibility index (Phi) is 6.35. The summed E-state index contributed by atoms with van der Waals surface area (Å²) in [7, 11) is 0. The van der Waals surface area contributed by atoms with E-state index in [0.29, 0.717) is 5.75 Å². The highest BCUT2D eigenvalue weighted by Gasteiger charge is 2.13. The molecule has 2 rings (SSSR count). The SMILES string of the molecule is C[C@@H](SC/C=C\c1ccccc1)C(=O)Nc1ccc(F)c(F)c1. The van der Waals surface area contributed by atoms with Crippen LogP contribution < -0.4 is 5.32 Å². The minimum atomic E-state index is -0.978. The summed E-state index contributed by atoms with van der Waals surface area (Å²) in [6.45, 7) is 1.77. The van der Waals surface area contributed by atoms with E-state index < -0.39 is 11.6 Å². The standard InChI is InChI=1S/C18H17F2NOS/c1-13(23-11-5-8-14-6-3-2-4-7-14)18(22)21-15-9-10-16(19)17(20)12-15/h2-10,12-13H,11H2,1H3,(H,21,22)/b8-5-/t13-/m1/s1. The van der Waals surface area contributed by atoms with Crippen LogP contribution in [0.4, 0.5) is 14.5 Å². The number of hydrogen-bond donors (Lipinski definition) is 1. The van der Waals surface area contributed by atoms with Crippen molar-refractivity contribution in [3.63, 3.8) is 0 Å². The Bertz CT molecular complexity index is 689. The lowest BCUT2D eigenvalue weighted by molar-refractivity contribution is -0.115. The maximum Gasteiger partial charge on any atom is 0.237 e. The first-order chi connectivity index (χ1) is 11.1. The molecule has 0 fully saturated rings. The lowest BCUT2D eigenvalue weighted by Crippen LogP contribution is -2.22. The van der Waals surface area contributed by atoms with Crippen LogP contribution in [0.3, 0.4) is 0 Å². The molecule has 0 aromatic heterocycles.